The lowest BCUT2D eigenvalue weighted by molar-refractivity contribution is -0.138. The maximum atomic E-state index is 11.9. The van der Waals surface area contributed by atoms with Crippen LogP contribution < -0.4 is 0 Å². The number of carboxylic acid groups (broad SMARTS) is 4. The summed E-state index contributed by atoms with van der Waals surface area (Å²) in [6.07, 6.45) is 2.50. The average Bonchev–Trinajstić information content (AvgIpc) is 2.58. The topological polar surface area (TPSA) is 149 Å². The van der Waals surface area contributed by atoms with Crippen LogP contribution in [-0.2, 0) is 19.2 Å². The summed E-state index contributed by atoms with van der Waals surface area (Å²) in [7, 11) is 0. The third-order valence-electron chi connectivity index (χ3n) is 5.16. The van der Waals surface area contributed by atoms with Crippen LogP contribution in [0.1, 0.15) is 65.2 Å². The summed E-state index contributed by atoms with van der Waals surface area (Å²) in [5, 5.41) is 38.7. The molecule has 0 aliphatic heterocycles. The summed E-state index contributed by atoms with van der Waals surface area (Å²) >= 11 is 0. The molecule has 0 heterocycles. The van der Waals surface area contributed by atoms with Gasteiger partial charge in [-0.1, -0.05) is 39.5 Å². The van der Waals surface area contributed by atoms with Crippen molar-refractivity contribution >= 4 is 23.9 Å². The van der Waals surface area contributed by atoms with Gasteiger partial charge in [-0.2, -0.15) is 0 Å². The van der Waals surface area contributed by atoms with Gasteiger partial charge in [-0.15, -0.1) is 0 Å². The summed E-state index contributed by atoms with van der Waals surface area (Å²) in [4.78, 5) is 47.6. The summed E-state index contributed by atoms with van der Waals surface area (Å²) in [6.45, 7) is 3.76. The fourth-order valence-electron chi connectivity index (χ4n) is 3.82. The van der Waals surface area contributed by atoms with Crippen molar-refractivity contribution in [2.24, 2.45) is 11.8 Å². The fourth-order valence-corrected chi connectivity index (χ4v) is 3.82. The molecule has 4 N–H and O–H groups in total. The van der Waals surface area contributed by atoms with Crippen LogP contribution in [0.15, 0.2) is 22.3 Å². The first-order chi connectivity index (χ1) is 13.1. The molecule has 0 bridgehead atoms. The molecule has 0 spiro atoms. The van der Waals surface area contributed by atoms with Crippen molar-refractivity contribution < 1.29 is 39.6 Å². The molecule has 0 saturated carbocycles. The predicted octanol–water partition coefficient (Wildman–Crippen LogP) is 3.32. The minimum Gasteiger partial charge on any atom is -0.478 e. The van der Waals surface area contributed by atoms with Crippen molar-refractivity contribution in [1.29, 1.82) is 0 Å². The van der Waals surface area contributed by atoms with Crippen molar-refractivity contribution in [1.82, 2.24) is 0 Å². The average molecular weight is 396 g/mol. The summed E-state index contributed by atoms with van der Waals surface area (Å²) in [6, 6.07) is 0. The van der Waals surface area contributed by atoms with E-state index in [4.69, 9.17) is 0 Å². The van der Waals surface area contributed by atoms with Gasteiger partial charge in [0.1, 0.15) is 0 Å². The largest absolute Gasteiger partial charge is 0.478 e. The van der Waals surface area contributed by atoms with Crippen molar-refractivity contribution in [3.63, 3.8) is 0 Å². The molecule has 0 radical (unpaired) electrons. The lowest BCUT2D eigenvalue weighted by Gasteiger charge is -2.28. The zero-order chi connectivity index (χ0) is 21.4. The highest BCUT2D eigenvalue weighted by molar-refractivity contribution is 6.02. The van der Waals surface area contributed by atoms with Crippen LogP contribution in [0.3, 0.4) is 0 Å². The third kappa shape index (κ3) is 5.68. The molecule has 1 rings (SSSR count). The highest BCUT2D eigenvalue weighted by Gasteiger charge is 2.38. The Bertz CT molecular complexity index is 641. The number of aliphatic carboxylic acids is 4. The van der Waals surface area contributed by atoms with Gasteiger partial charge in [-0.25, -0.2) is 19.2 Å². The number of carbonyl (C=O) groups is 4. The Hall–Kier alpha value is -2.64. The highest BCUT2D eigenvalue weighted by atomic mass is 16.4. The molecule has 0 amide bonds. The standard InChI is InChI=1S/C20H28O8/c1-3-5-7-11-9-13(17(21)22)16(20(27)28)12(8-6-4-2)10-14(18(23)24)15(11)19(25)26/h11-12H,3-10H2,1-2H3,(H,21,22)(H,23,24)(H,25,26)(H,27,28)/b15-14-,16-13-/t11-,12-/m0/s1. The maximum absolute atomic E-state index is 11.9. The minimum atomic E-state index is -1.40. The number of carboxylic acids is 4. The fraction of sp³-hybridized carbons (Fsp3) is 0.600. The van der Waals surface area contributed by atoms with E-state index in [0.717, 1.165) is 0 Å². The van der Waals surface area contributed by atoms with Crippen LogP contribution in [0, 0.1) is 11.8 Å². The van der Waals surface area contributed by atoms with Gasteiger partial charge < -0.3 is 20.4 Å². The predicted molar refractivity (Wildman–Crippen MR) is 99.9 cm³/mol. The molecule has 0 saturated heterocycles. The van der Waals surface area contributed by atoms with E-state index in [1.807, 2.05) is 13.8 Å². The van der Waals surface area contributed by atoms with E-state index in [9.17, 15) is 39.6 Å². The molecule has 0 aromatic carbocycles. The molecular weight excluding hydrogens is 368 g/mol. The van der Waals surface area contributed by atoms with Gasteiger partial charge in [-0.05, 0) is 37.5 Å². The Balaban J connectivity index is 3.71. The molecule has 0 aromatic rings. The minimum absolute atomic E-state index is 0.276. The van der Waals surface area contributed by atoms with Crippen LogP contribution in [0.4, 0.5) is 0 Å². The second-order valence-corrected chi connectivity index (χ2v) is 7.09. The molecule has 1 aliphatic rings. The van der Waals surface area contributed by atoms with Crippen molar-refractivity contribution in [2.75, 3.05) is 0 Å². The van der Waals surface area contributed by atoms with Gasteiger partial charge in [0.15, 0.2) is 0 Å². The van der Waals surface area contributed by atoms with Crippen LogP contribution in [0.25, 0.3) is 0 Å². The van der Waals surface area contributed by atoms with E-state index in [1.54, 1.807) is 0 Å². The van der Waals surface area contributed by atoms with Crippen molar-refractivity contribution in [3.8, 4) is 0 Å². The molecule has 8 heteroatoms. The summed E-state index contributed by atoms with van der Waals surface area (Å²) in [5.41, 5.74) is -1.24. The number of rotatable bonds is 10. The molecule has 0 fully saturated rings. The number of hydrogen-bond donors (Lipinski definition) is 4. The maximum Gasteiger partial charge on any atom is 0.332 e. The van der Waals surface area contributed by atoms with E-state index in [2.05, 4.69) is 0 Å². The Kier molecular flexibility index (Phi) is 8.88. The molecule has 28 heavy (non-hydrogen) atoms. The normalized spacial score (nSPS) is 25.6. The van der Waals surface area contributed by atoms with Crippen LogP contribution >= 0.6 is 0 Å². The van der Waals surface area contributed by atoms with E-state index in [0.29, 0.717) is 25.7 Å². The van der Waals surface area contributed by atoms with Crippen molar-refractivity contribution in [2.45, 2.75) is 65.2 Å². The Morgan fingerprint density at radius 3 is 1.21 bits per heavy atom. The van der Waals surface area contributed by atoms with Crippen LogP contribution in [-0.4, -0.2) is 44.3 Å². The molecule has 0 aromatic heterocycles. The third-order valence-corrected chi connectivity index (χ3v) is 5.16. The number of unbranched alkanes of at least 4 members (excludes halogenated alkanes) is 2. The lowest BCUT2D eigenvalue weighted by Crippen LogP contribution is -2.28. The van der Waals surface area contributed by atoms with Gasteiger partial charge in [0.05, 0.1) is 11.1 Å². The first-order valence-electron chi connectivity index (χ1n) is 9.54. The molecule has 156 valence electrons. The van der Waals surface area contributed by atoms with Crippen LogP contribution in [0.5, 0.6) is 0 Å². The van der Waals surface area contributed by atoms with E-state index in [1.165, 1.54) is 0 Å². The Labute approximate surface area is 163 Å². The molecule has 8 nitrogen and oxygen atoms in total. The highest BCUT2D eigenvalue weighted by Crippen LogP contribution is 2.39. The van der Waals surface area contributed by atoms with Gasteiger partial charge in [0, 0.05) is 11.1 Å². The van der Waals surface area contributed by atoms with Crippen LogP contribution in [0.2, 0.25) is 0 Å². The molecule has 0 unspecified atom stereocenters. The zero-order valence-corrected chi connectivity index (χ0v) is 16.2. The first kappa shape index (κ1) is 23.4. The SMILES string of the molecule is CCCC[C@H]1C/C(C(=O)O)=C(/C(=O)O)[C@@H](CCCC)C/C(C(=O)O)=C\1C(=O)O. The Morgan fingerprint density at radius 2 is 1.00 bits per heavy atom. The van der Waals surface area contributed by atoms with Gasteiger partial charge in [0.25, 0.3) is 0 Å². The second-order valence-electron chi connectivity index (χ2n) is 7.09. The second kappa shape index (κ2) is 10.6. The first-order valence-corrected chi connectivity index (χ1v) is 9.54. The molecule has 1 aliphatic carbocycles. The van der Waals surface area contributed by atoms with Gasteiger partial charge in [-0.3, -0.25) is 0 Å². The van der Waals surface area contributed by atoms with Crippen molar-refractivity contribution in [3.05, 3.63) is 22.3 Å². The quantitative estimate of drug-likeness (QED) is 0.439. The monoisotopic (exact) mass is 396 g/mol. The van der Waals surface area contributed by atoms with Gasteiger partial charge >= 0.3 is 23.9 Å². The summed E-state index contributed by atoms with van der Waals surface area (Å²) in [5.74, 6) is -7.31. The number of hydrogen-bond acceptors (Lipinski definition) is 4. The van der Waals surface area contributed by atoms with E-state index >= 15 is 0 Å². The summed E-state index contributed by atoms with van der Waals surface area (Å²) < 4.78 is 0. The molecule has 2 atom stereocenters. The molecular formula is C20H28O8. The van der Waals surface area contributed by atoms with E-state index in [-0.39, 0.29) is 48.0 Å². The van der Waals surface area contributed by atoms with Gasteiger partial charge in [0.2, 0.25) is 0 Å². The lowest BCUT2D eigenvalue weighted by atomic mass is 9.74. The smallest absolute Gasteiger partial charge is 0.332 e. The van der Waals surface area contributed by atoms with E-state index < -0.39 is 35.7 Å². The zero-order valence-electron chi connectivity index (χ0n) is 16.2. The Morgan fingerprint density at radius 1 is 0.679 bits per heavy atom.